The fourth-order valence-electron chi connectivity index (χ4n) is 5.02. The third-order valence-electron chi connectivity index (χ3n) is 6.52. The van der Waals surface area contributed by atoms with Gasteiger partial charge in [-0.2, -0.15) is 0 Å². The van der Waals surface area contributed by atoms with E-state index < -0.39 is 18.1 Å². The zero-order valence-corrected chi connectivity index (χ0v) is 18.7. The topological polar surface area (TPSA) is 84.9 Å². The number of fused-ring (bicyclic) bond motifs is 1. The zero-order valence-electron chi connectivity index (χ0n) is 18.7. The molecule has 1 aliphatic heterocycles. The molecule has 170 valence electrons. The number of rotatable bonds is 9. The Kier molecular flexibility index (Phi) is 8.07. The highest BCUT2D eigenvalue weighted by molar-refractivity contribution is 5.89. The number of aryl methyl sites for hydroxylation is 1. The largest absolute Gasteiger partial charge is 0.467 e. The second-order valence-corrected chi connectivity index (χ2v) is 8.50. The van der Waals surface area contributed by atoms with E-state index in [-0.39, 0.29) is 30.5 Å². The number of likely N-dealkylation sites (tertiary alicyclic amines) is 1. The van der Waals surface area contributed by atoms with Gasteiger partial charge in [-0.3, -0.25) is 14.9 Å². The van der Waals surface area contributed by atoms with Crippen molar-refractivity contribution in [3.8, 4) is 0 Å². The first kappa shape index (κ1) is 23.3. The highest BCUT2D eigenvalue weighted by atomic mass is 16.5. The molecular weight excluding hydrogens is 396 g/mol. The molecule has 0 spiro atoms. The molecule has 5 atom stereocenters. The van der Waals surface area contributed by atoms with Crippen molar-refractivity contribution in [3.05, 3.63) is 35.9 Å². The first-order valence-electron chi connectivity index (χ1n) is 11.3. The van der Waals surface area contributed by atoms with Crippen molar-refractivity contribution < 1.29 is 23.9 Å². The predicted molar refractivity (Wildman–Crippen MR) is 116 cm³/mol. The molecule has 1 heterocycles. The van der Waals surface area contributed by atoms with Crippen LogP contribution in [0.2, 0.25) is 0 Å². The average Bonchev–Trinajstić information content (AvgIpc) is 3.37. The lowest BCUT2D eigenvalue weighted by molar-refractivity contribution is -0.153. The van der Waals surface area contributed by atoms with Crippen LogP contribution in [-0.2, 0) is 30.3 Å². The maximum absolute atomic E-state index is 13.4. The number of hydrogen-bond donors (Lipinski definition) is 1. The summed E-state index contributed by atoms with van der Waals surface area (Å²) in [5, 5.41) is 3.19. The molecule has 1 saturated carbocycles. The second-order valence-electron chi connectivity index (χ2n) is 8.50. The standard InChI is InChI=1S/C24H34N2O5/c1-4-31-23(28)19(14-13-17-9-6-5-7-10-17)25-16(2)22(27)26-20-12-8-11-18(20)15-21(26)24(29)30-3/h5-7,9-10,16,18-21,25H,4,8,11-15H2,1-3H3/t16-,18-,19-,20-,21-/m0/s1. The van der Waals surface area contributed by atoms with Crippen molar-refractivity contribution in [3.63, 3.8) is 0 Å². The summed E-state index contributed by atoms with van der Waals surface area (Å²) in [6.07, 6.45) is 4.88. The van der Waals surface area contributed by atoms with Crippen LogP contribution in [0, 0.1) is 5.92 Å². The van der Waals surface area contributed by atoms with Crippen molar-refractivity contribution in [2.24, 2.45) is 5.92 Å². The second kappa shape index (κ2) is 10.8. The van der Waals surface area contributed by atoms with Crippen molar-refractivity contribution >= 4 is 17.8 Å². The Morgan fingerprint density at radius 1 is 1.19 bits per heavy atom. The molecule has 3 rings (SSSR count). The van der Waals surface area contributed by atoms with Crippen molar-refractivity contribution in [2.75, 3.05) is 13.7 Å². The van der Waals surface area contributed by atoms with E-state index >= 15 is 0 Å². The Labute approximate surface area is 184 Å². The lowest BCUT2D eigenvalue weighted by atomic mass is 10.0. The van der Waals surface area contributed by atoms with Crippen LogP contribution in [0.5, 0.6) is 0 Å². The summed E-state index contributed by atoms with van der Waals surface area (Å²) in [5.74, 6) is -0.526. The number of nitrogens with one attached hydrogen (secondary N) is 1. The number of esters is 2. The molecule has 0 aromatic heterocycles. The highest BCUT2D eigenvalue weighted by Gasteiger charge is 2.50. The quantitative estimate of drug-likeness (QED) is 0.606. The molecule has 1 amide bonds. The van der Waals surface area contributed by atoms with Crippen LogP contribution in [0.25, 0.3) is 0 Å². The lowest BCUT2D eigenvalue weighted by Gasteiger charge is -2.32. The molecule has 1 aliphatic carbocycles. The Balaban J connectivity index is 1.70. The van der Waals surface area contributed by atoms with Gasteiger partial charge >= 0.3 is 11.9 Å². The van der Waals surface area contributed by atoms with Gasteiger partial charge in [-0.25, -0.2) is 4.79 Å². The van der Waals surface area contributed by atoms with Gasteiger partial charge in [0.2, 0.25) is 5.91 Å². The number of methoxy groups -OCH3 is 1. The van der Waals surface area contributed by atoms with Crippen LogP contribution in [0.3, 0.4) is 0 Å². The molecule has 0 bridgehead atoms. The lowest BCUT2D eigenvalue weighted by Crippen LogP contribution is -2.55. The van der Waals surface area contributed by atoms with Crippen LogP contribution in [0.1, 0.15) is 51.5 Å². The highest BCUT2D eigenvalue weighted by Crippen LogP contribution is 2.41. The van der Waals surface area contributed by atoms with Crippen LogP contribution < -0.4 is 5.32 Å². The number of carbonyl (C=O) groups is 3. The first-order chi connectivity index (χ1) is 15.0. The molecule has 7 nitrogen and oxygen atoms in total. The molecule has 31 heavy (non-hydrogen) atoms. The molecule has 7 heteroatoms. The van der Waals surface area contributed by atoms with Gasteiger partial charge in [0.15, 0.2) is 0 Å². The predicted octanol–water partition coefficient (Wildman–Crippen LogP) is 2.47. The van der Waals surface area contributed by atoms with Gasteiger partial charge in [0.25, 0.3) is 0 Å². The number of amides is 1. The molecule has 2 aliphatic rings. The Morgan fingerprint density at radius 3 is 2.61 bits per heavy atom. The Morgan fingerprint density at radius 2 is 1.94 bits per heavy atom. The first-order valence-corrected chi connectivity index (χ1v) is 11.3. The molecule has 0 unspecified atom stereocenters. The maximum atomic E-state index is 13.4. The summed E-state index contributed by atoms with van der Waals surface area (Å²) in [7, 11) is 1.36. The number of nitrogens with zero attached hydrogens (tertiary/aromatic N) is 1. The van der Waals surface area contributed by atoms with Crippen LogP contribution in [0.4, 0.5) is 0 Å². The molecule has 1 saturated heterocycles. The van der Waals surface area contributed by atoms with Crippen molar-refractivity contribution in [1.29, 1.82) is 0 Å². The van der Waals surface area contributed by atoms with E-state index in [2.05, 4.69) is 5.32 Å². The Hall–Kier alpha value is -2.41. The van der Waals surface area contributed by atoms with Crippen LogP contribution in [-0.4, -0.2) is 60.6 Å². The zero-order chi connectivity index (χ0) is 22.4. The third kappa shape index (κ3) is 5.45. The maximum Gasteiger partial charge on any atom is 0.328 e. The van der Waals surface area contributed by atoms with E-state index in [0.29, 0.717) is 25.2 Å². The van der Waals surface area contributed by atoms with Crippen LogP contribution in [0.15, 0.2) is 30.3 Å². The van der Waals surface area contributed by atoms with E-state index in [4.69, 9.17) is 9.47 Å². The summed E-state index contributed by atoms with van der Waals surface area (Å²) >= 11 is 0. The molecule has 1 N–H and O–H groups in total. The Bertz CT molecular complexity index is 768. The van der Waals surface area contributed by atoms with Gasteiger partial charge in [0.1, 0.15) is 12.1 Å². The van der Waals surface area contributed by atoms with Crippen LogP contribution >= 0.6 is 0 Å². The molecule has 2 fully saturated rings. The molecule has 0 radical (unpaired) electrons. The van der Waals surface area contributed by atoms with Gasteiger partial charge in [-0.1, -0.05) is 36.8 Å². The van der Waals surface area contributed by atoms with Gasteiger partial charge in [0, 0.05) is 6.04 Å². The van der Waals surface area contributed by atoms with Gasteiger partial charge < -0.3 is 14.4 Å². The number of benzene rings is 1. The molecule has 1 aromatic carbocycles. The minimum Gasteiger partial charge on any atom is -0.467 e. The summed E-state index contributed by atoms with van der Waals surface area (Å²) < 4.78 is 10.2. The van der Waals surface area contributed by atoms with Crippen molar-refractivity contribution in [2.45, 2.75) is 76.5 Å². The van der Waals surface area contributed by atoms with E-state index in [1.807, 2.05) is 30.3 Å². The molecule has 1 aromatic rings. The summed E-state index contributed by atoms with van der Waals surface area (Å²) in [6, 6.07) is 8.24. The number of ether oxygens (including phenoxy) is 2. The minimum atomic E-state index is -0.614. The summed E-state index contributed by atoms with van der Waals surface area (Å²) in [4.78, 5) is 40.0. The summed E-state index contributed by atoms with van der Waals surface area (Å²) in [5.41, 5.74) is 1.12. The molecular formula is C24H34N2O5. The van der Waals surface area contributed by atoms with E-state index in [0.717, 1.165) is 24.8 Å². The van der Waals surface area contributed by atoms with Gasteiger partial charge in [-0.15, -0.1) is 0 Å². The smallest absolute Gasteiger partial charge is 0.328 e. The average molecular weight is 431 g/mol. The number of carbonyl (C=O) groups excluding carboxylic acids is 3. The van der Waals surface area contributed by atoms with Gasteiger partial charge in [-0.05, 0) is 57.4 Å². The van der Waals surface area contributed by atoms with E-state index in [9.17, 15) is 14.4 Å². The normalized spacial score (nSPS) is 24.4. The van der Waals surface area contributed by atoms with E-state index in [1.54, 1.807) is 18.7 Å². The summed E-state index contributed by atoms with van der Waals surface area (Å²) in [6.45, 7) is 3.81. The van der Waals surface area contributed by atoms with E-state index in [1.165, 1.54) is 7.11 Å². The van der Waals surface area contributed by atoms with Crippen molar-refractivity contribution in [1.82, 2.24) is 10.2 Å². The minimum absolute atomic E-state index is 0.0752. The fraction of sp³-hybridized carbons (Fsp3) is 0.625. The van der Waals surface area contributed by atoms with Gasteiger partial charge in [0.05, 0.1) is 19.8 Å². The third-order valence-corrected chi connectivity index (χ3v) is 6.52. The SMILES string of the molecule is CCOC(=O)[C@H](CCc1ccccc1)N[C@@H](C)C(=O)N1[C@H](C(=O)OC)C[C@@H]2CCC[C@@H]21. The number of hydrogen-bond acceptors (Lipinski definition) is 6. The monoisotopic (exact) mass is 430 g/mol. The fourth-order valence-corrected chi connectivity index (χ4v) is 5.02.